The highest BCUT2D eigenvalue weighted by Crippen LogP contribution is 2.31. The van der Waals surface area contributed by atoms with Crippen molar-refractivity contribution in [3.8, 4) is 0 Å². The van der Waals surface area contributed by atoms with Gasteiger partial charge in [0, 0.05) is 56.2 Å². The molecule has 3 aliphatic heterocycles. The molecule has 0 bridgehead atoms. The Morgan fingerprint density at radius 3 is 1.16 bits per heavy atom. The van der Waals surface area contributed by atoms with Gasteiger partial charge in [0.1, 0.15) is 102 Å². The van der Waals surface area contributed by atoms with Gasteiger partial charge in [-0.15, -0.1) is 35.3 Å². The average Bonchev–Trinajstić information content (AvgIpc) is 3.38. The number of carbonyl (C=O) groups is 5. The van der Waals surface area contributed by atoms with Crippen LogP contribution in [0.4, 0.5) is 0 Å². The monoisotopic (exact) mass is 1120 g/mol. The lowest BCUT2D eigenvalue weighted by atomic mass is 10.0. The van der Waals surface area contributed by atoms with Crippen LogP contribution in [0.25, 0.3) is 0 Å². The molecule has 3 heterocycles. The van der Waals surface area contributed by atoms with Gasteiger partial charge < -0.3 is 108 Å². The molecular weight excluding hydrogens is 1040 g/mol. The lowest BCUT2D eigenvalue weighted by Gasteiger charge is -2.39. The molecule has 3 rings (SSSR count). The Hall–Kier alpha value is -2.24. The largest absolute Gasteiger partial charge is 0.394 e. The number of carbonyl (C=O) groups excluding carboxylic acids is 5. The number of nitrogens with one attached hydrogen (secondary N) is 5. The summed E-state index contributed by atoms with van der Waals surface area (Å²) in [6, 6.07) is -2.20. The molecule has 17 atom stereocenters. The molecule has 3 aliphatic rings. The SMILES string of the molecule is NCCCCCCNC(=O)C(CCCCNC(=O)CCSC1OC(CO)C(O)C(O)C1O)NC(=O)[C@@H](CCCCNC(=O)CCSC1OC(CO)C(O)C(O)C1O)NC(=O)CCSC1OC(CO)C(O)C(O)C1O. The van der Waals surface area contributed by atoms with Gasteiger partial charge >= 0.3 is 0 Å². The molecule has 3 saturated heterocycles. The summed E-state index contributed by atoms with van der Waals surface area (Å²) in [6.07, 6.45) is -12.2. The Labute approximate surface area is 443 Å². The predicted molar refractivity (Wildman–Crippen MR) is 271 cm³/mol. The molecule has 0 aromatic carbocycles. The number of aliphatic hydroxyl groups excluding tert-OH is 12. The maximum Gasteiger partial charge on any atom is 0.243 e. The van der Waals surface area contributed by atoms with Crippen LogP contribution in [0.15, 0.2) is 0 Å². The van der Waals surface area contributed by atoms with Crippen molar-refractivity contribution in [3.05, 3.63) is 0 Å². The molecule has 0 aromatic rings. The molecule has 74 heavy (non-hydrogen) atoms. The molecular formula is C45H82N6O20S3. The summed E-state index contributed by atoms with van der Waals surface area (Å²) < 4.78 is 16.4. The molecule has 0 radical (unpaired) electrons. The third-order valence-electron chi connectivity index (χ3n) is 12.6. The summed E-state index contributed by atoms with van der Waals surface area (Å²) in [5.41, 5.74) is 2.54. The number of hydrogen-bond donors (Lipinski definition) is 18. The smallest absolute Gasteiger partial charge is 0.243 e. The van der Waals surface area contributed by atoms with Crippen LogP contribution < -0.4 is 32.3 Å². The summed E-state index contributed by atoms with van der Waals surface area (Å²) in [5.74, 6) is -1.97. The van der Waals surface area contributed by atoms with Crippen LogP contribution in [0.1, 0.15) is 83.5 Å². The van der Waals surface area contributed by atoms with Crippen LogP contribution >= 0.6 is 35.3 Å². The van der Waals surface area contributed by atoms with Gasteiger partial charge in [-0.3, -0.25) is 24.0 Å². The van der Waals surface area contributed by atoms with Crippen molar-refractivity contribution in [2.24, 2.45) is 5.73 Å². The minimum Gasteiger partial charge on any atom is -0.394 e. The summed E-state index contributed by atoms with van der Waals surface area (Å²) in [4.78, 5) is 66.2. The van der Waals surface area contributed by atoms with E-state index in [9.17, 15) is 85.3 Å². The van der Waals surface area contributed by atoms with Crippen molar-refractivity contribution in [1.29, 1.82) is 0 Å². The standard InChI is InChI=1S/C45H82N6O20S3/c46-14-5-1-2-6-17-49-41(67)24(9-3-7-15-47-29(55)11-18-72-43-38(64)35(61)32(58)26(21-52)69-43)51-42(68)25(50-31(57)13-20-74-45-40(66)37(63)34(60)28(23-54)71-45)10-4-8-16-48-30(56)12-19-73-44-39(65)36(62)33(59)27(22-53)70-44/h24-28,32-40,43-45,52-54,58-66H,1-23,46H2,(H,47,55)(H,48,56)(H,49,67)(H,50,57)(H,51,68)/t24?,25-,26?,27?,28?,32?,33?,34?,35?,36?,37?,38?,39?,40?,43?,44?,45?/m1/s1. The van der Waals surface area contributed by atoms with Crippen LogP contribution in [0, 0.1) is 0 Å². The lowest BCUT2D eigenvalue weighted by Crippen LogP contribution is -2.57. The molecule has 0 aliphatic carbocycles. The zero-order chi connectivity index (χ0) is 54.7. The first-order valence-corrected chi connectivity index (χ1v) is 28.4. The third-order valence-corrected chi connectivity index (χ3v) is 16.1. The molecule has 29 heteroatoms. The van der Waals surface area contributed by atoms with Gasteiger partial charge in [0.05, 0.1) is 19.8 Å². The van der Waals surface area contributed by atoms with Crippen LogP contribution in [-0.2, 0) is 38.2 Å². The van der Waals surface area contributed by atoms with E-state index in [-0.39, 0.29) is 74.3 Å². The second kappa shape index (κ2) is 36.0. The number of unbranched alkanes of at least 4 members (excludes halogenated alkanes) is 5. The highest BCUT2D eigenvalue weighted by molar-refractivity contribution is 8.00. The van der Waals surface area contributed by atoms with Crippen molar-refractivity contribution in [2.45, 2.75) is 185 Å². The second-order valence-electron chi connectivity index (χ2n) is 18.3. The van der Waals surface area contributed by atoms with E-state index in [0.29, 0.717) is 45.2 Å². The summed E-state index contributed by atoms with van der Waals surface area (Å²) in [7, 11) is 0. The van der Waals surface area contributed by atoms with E-state index in [1.165, 1.54) is 0 Å². The van der Waals surface area contributed by atoms with Crippen molar-refractivity contribution in [2.75, 3.05) is 63.3 Å². The maximum absolute atomic E-state index is 14.0. The molecule has 0 saturated carbocycles. The van der Waals surface area contributed by atoms with Crippen molar-refractivity contribution in [3.63, 3.8) is 0 Å². The Bertz CT molecular complexity index is 1650. The fourth-order valence-electron chi connectivity index (χ4n) is 8.03. The second-order valence-corrected chi connectivity index (χ2v) is 21.9. The van der Waals surface area contributed by atoms with Gasteiger partial charge in [-0.2, -0.15) is 0 Å². The number of hydrogen-bond acceptors (Lipinski definition) is 24. The van der Waals surface area contributed by atoms with Crippen molar-refractivity contribution in [1.82, 2.24) is 26.6 Å². The first-order valence-electron chi connectivity index (χ1n) is 25.3. The Kier molecular flexibility index (Phi) is 32.2. The Morgan fingerprint density at radius 1 is 0.419 bits per heavy atom. The van der Waals surface area contributed by atoms with Crippen LogP contribution in [0.2, 0.25) is 0 Å². The molecule has 0 spiro atoms. The minimum absolute atomic E-state index is 0.000875. The number of nitrogens with two attached hydrogens (primary N) is 1. The minimum atomic E-state index is -1.61. The van der Waals surface area contributed by atoms with E-state index >= 15 is 0 Å². The number of thioether (sulfide) groups is 3. The van der Waals surface area contributed by atoms with Crippen molar-refractivity contribution >= 4 is 64.8 Å². The molecule has 430 valence electrons. The predicted octanol–water partition coefficient (Wildman–Crippen LogP) is -6.07. The average molecular weight is 1120 g/mol. The molecule has 3 fully saturated rings. The topological polar surface area (TPSA) is 442 Å². The van der Waals surface area contributed by atoms with Gasteiger partial charge in [-0.1, -0.05) is 12.8 Å². The first-order chi connectivity index (χ1) is 35.4. The van der Waals surface area contributed by atoms with Gasteiger partial charge in [0.25, 0.3) is 0 Å². The fourth-order valence-corrected chi connectivity index (χ4v) is 11.4. The summed E-state index contributed by atoms with van der Waals surface area (Å²) in [6.45, 7) is -0.505. The lowest BCUT2D eigenvalue weighted by molar-refractivity contribution is -0.205. The number of ether oxygens (including phenoxy) is 3. The highest BCUT2D eigenvalue weighted by atomic mass is 32.2. The van der Waals surface area contributed by atoms with E-state index in [0.717, 1.165) is 54.5 Å². The fraction of sp³-hybridized carbons (Fsp3) is 0.889. The zero-order valence-corrected chi connectivity index (χ0v) is 44.0. The van der Waals surface area contributed by atoms with Crippen LogP contribution in [0.5, 0.6) is 0 Å². The Morgan fingerprint density at radius 2 is 0.770 bits per heavy atom. The molecule has 16 unspecified atom stereocenters. The molecule has 19 N–H and O–H groups in total. The van der Waals surface area contributed by atoms with Gasteiger partial charge in [-0.25, -0.2) is 0 Å². The maximum atomic E-state index is 14.0. The quantitative estimate of drug-likeness (QED) is 0.0263. The molecule has 26 nitrogen and oxygen atoms in total. The molecule has 5 amide bonds. The van der Waals surface area contributed by atoms with E-state index in [2.05, 4.69) is 26.6 Å². The number of aliphatic hydroxyl groups is 12. The van der Waals surface area contributed by atoms with E-state index < -0.39 is 139 Å². The highest BCUT2D eigenvalue weighted by Gasteiger charge is 2.46. The third kappa shape index (κ3) is 22.2. The van der Waals surface area contributed by atoms with Gasteiger partial charge in [0.2, 0.25) is 29.5 Å². The number of amides is 5. The Balaban J connectivity index is 1.58. The normalized spacial score (nSPS) is 31.0. The van der Waals surface area contributed by atoms with E-state index in [4.69, 9.17) is 19.9 Å². The van der Waals surface area contributed by atoms with Crippen LogP contribution in [-0.4, -0.2) is 256 Å². The van der Waals surface area contributed by atoms with Gasteiger partial charge in [-0.05, 0) is 57.9 Å². The van der Waals surface area contributed by atoms with Crippen LogP contribution in [0.3, 0.4) is 0 Å². The molecule has 0 aromatic heterocycles. The van der Waals surface area contributed by atoms with E-state index in [1.807, 2.05) is 0 Å². The number of rotatable bonds is 35. The van der Waals surface area contributed by atoms with E-state index in [1.54, 1.807) is 0 Å². The summed E-state index contributed by atoms with van der Waals surface area (Å²) >= 11 is 3.03. The summed E-state index contributed by atoms with van der Waals surface area (Å²) in [5, 5.41) is 134. The zero-order valence-electron chi connectivity index (χ0n) is 41.5. The van der Waals surface area contributed by atoms with Gasteiger partial charge in [0.15, 0.2) is 0 Å². The van der Waals surface area contributed by atoms with Crippen molar-refractivity contribution < 1.29 is 99.5 Å². The first kappa shape index (κ1) is 66.0.